The van der Waals surface area contributed by atoms with Crippen LogP contribution in [0.5, 0.6) is 0 Å². The van der Waals surface area contributed by atoms with Gasteiger partial charge in [0.05, 0.1) is 6.04 Å². The quantitative estimate of drug-likeness (QED) is 0.637. The Labute approximate surface area is 101 Å². The Bertz CT molecular complexity index is 402. The van der Waals surface area contributed by atoms with Gasteiger partial charge in [0.2, 0.25) is 0 Å². The first-order valence-corrected chi connectivity index (χ1v) is 5.62. The number of rotatable bonds is 4. The van der Waals surface area contributed by atoms with Crippen molar-refractivity contribution in [3.8, 4) is 0 Å². The molecule has 17 heavy (non-hydrogen) atoms. The first kappa shape index (κ1) is 12.1. The van der Waals surface area contributed by atoms with Crippen LogP contribution in [0.1, 0.15) is 25.5 Å². The number of methoxy groups -OCH3 is 1. The van der Waals surface area contributed by atoms with Crippen LogP contribution in [0.15, 0.2) is 30.3 Å². The number of nitrogens with one attached hydrogen (secondary N) is 1. The van der Waals surface area contributed by atoms with Gasteiger partial charge in [-0.1, -0.05) is 30.3 Å². The zero-order valence-corrected chi connectivity index (χ0v) is 10.3. The van der Waals surface area contributed by atoms with Gasteiger partial charge in [-0.25, -0.2) is 0 Å². The van der Waals surface area contributed by atoms with Crippen LogP contribution >= 0.6 is 0 Å². The number of carbonyl (C=O) groups is 1. The molecule has 1 heterocycles. The highest BCUT2D eigenvalue weighted by molar-refractivity contribution is 5.88. The van der Waals surface area contributed by atoms with Gasteiger partial charge in [0.25, 0.3) is 5.91 Å². The van der Waals surface area contributed by atoms with E-state index in [1.807, 2.05) is 30.3 Å². The molecular weight excluding hydrogens is 218 g/mol. The zero-order valence-electron chi connectivity index (χ0n) is 10.3. The maximum absolute atomic E-state index is 11.5. The summed E-state index contributed by atoms with van der Waals surface area (Å²) >= 11 is 0. The Morgan fingerprint density at radius 3 is 2.41 bits per heavy atom. The van der Waals surface area contributed by atoms with Gasteiger partial charge in [0.1, 0.15) is 0 Å². The Morgan fingerprint density at radius 2 is 1.88 bits per heavy atom. The highest BCUT2D eigenvalue weighted by atomic mass is 16.7. The van der Waals surface area contributed by atoms with Crippen LogP contribution in [0.25, 0.3) is 0 Å². The van der Waals surface area contributed by atoms with Crippen LogP contribution < -0.4 is 5.32 Å². The van der Waals surface area contributed by atoms with Crippen LogP contribution in [0.2, 0.25) is 0 Å². The molecule has 0 spiro atoms. The number of β-lactam (4-membered cyclic amide) rings is 1. The van der Waals surface area contributed by atoms with Gasteiger partial charge in [-0.3, -0.25) is 4.79 Å². The summed E-state index contributed by atoms with van der Waals surface area (Å²) in [6.45, 7) is 3.58. The summed E-state index contributed by atoms with van der Waals surface area (Å²) in [5.41, 5.74) is 1.05. The fourth-order valence-electron chi connectivity index (χ4n) is 1.76. The monoisotopic (exact) mass is 235 g/mol. The second kappa shape index (κ2) is 4.47. The molecule has 2 atom stereocenters. The predicted molar refractivity (Wildman–Crippen MR) is 63.3 cm³/mol. The van der Waals surface area contributed by atoms with Crippen molar-refractivity contribution in [1.82, 2.24) is 5.32 Å². The van der Waals surface area contributed by atoms with E-state index in [4.69, 9.17) is 9.47 Å². The Balaban J connectivity index is 2.09. The summed E-state index contributed by atoms with van der Waals surface area (Å²) in [5, 5.41) is 2.84. The molecule has 1 fully saturated rings. The molecule has 0 bridgehead atoms. The second-order valence-electron chi connectivity index (χ2n) is 4.54. The number of ether oxygens (including phenoxy) is 2. The lowest BCUT2D eigenvalue weighted by molar-refractivity contribution is -0.238. The van der Waals surface area contributed by atoms with E-state index in [1.54, 1.807) is 21.0 Å². The van der Waals surface area contributed by atoms with Crippen molar-refractivity contribution in [3.05, 3.63) is 35.9 Å². The summed E-state index contributed by atoms with van der Waals surface area (Å²) in [6.07, 6.45) is -0.479. The van der Waals surface area contributed by atoms with E-state index in [0.717, 1.165) is 5.56 Å². The summed E-state index contributed by atoms with van der Waals surface area (Å²) in [4.78, 5) is 11.5. The zero-order chi connectivity index (χ0) is 12.5. The average molecular weight is 235 g/mol. The lowest BCUT2D eigenvalue weighted by atomic mass is 9.94. The fraction of sp³-hybridized carbons (Fsp3) is 0.462. The normalized spacial score (nSPS) is 24.1. The maximum atomic E-state index is 11.5. The largest absolute Gasteiger partial charge is 0.354 e. The number of hydrogen-bond acceptors (Lipinski definition) is 3. The summed E-state index contributed by atoms with van der Waals surface area (Å²) < 4.78 is 10.8. The topological polar surface area (TPSA) is 47.6 Å². The number of carbonyl (C=O) groups excluding carboxylic acids is 1. The molecule has 1 aliphatic heterocycles. The highest BCUT2D eigenvalue weighted by Crippen LogP contribution is 2.30. The van der Waals surface area contributed by atoms with Gasteiger partial charge in [-0.2, -0.15) is 0 Å². The molecule has 2 rings (SSSR count). The number of benzene rings is 1. The summed E-state index contributed by atoms with van der Waals surface area (Å²) in [7, 11) is 1.56. The van der Waals surface area contributed by atoms with Gasteiger partial charge >= 0.3 is 0 Å². The second-order valence-corrected chi connectivity index (χ2v) is 4.54. The molecule has 0 saturated carbocycles. The molecule has 0 aliphatic carbocycles. The third-order valence-electron chi connectivity index (χ3n) is 2.92. The molecule has 92 valence electrons. The third-order valence-corrected chi connectivity index (χ3v) is 2.92. The number of amides is 1. The van der Waals surface area contributed by atoms with Crippen molar-refractivity contribution < 1.29 is 14.3 Å². The summed E-state index contributed by atoms with van der Waals surface area (Å²) in [5.74, 6) is -0.848. The predicted octanol–water partition coefficient (Wildman–Crippen LogP) is 1.63. The van der Waals surface area contributed by atoms with E-state index >= 15 is 0 Å². The third kappa shape index (κ3) is 2.48. The van der Waals surface area contributed by atoms with Crippen molar-refractivity contribution in [1.29, 1.82) is 0 Å². The first-order valence-electron chi connectivity index (χ1n) is 5.62. The molecule has 4 heteroatoms. The summed E-state index contributed by atoms with van der Waals surface area (Å²) in [6, 6.07) is 9.69. The molecule has 1 aromatic carbocycles. The number of hydrogen-bond donors (Lipinski definition) is 1. The van der Waals surface area contributed by atoms with Crippen LogP contribution in [0.4, 0.5) is 0 Å². The molecule has 1 aliphatic rings. The highest BCUT2D eigenvalue weighted by Gasteiger charge is 2.44. The molecule has 0 aromatic heterocycles. The van der Waals surface area contributed by atoms with Gasteiger partial charge in [-0.15, -0.1) is 0 Å². The van der Waals surface area contributed by atoms with Crippen molar-refractivity contribution in [2.75, 3.05) is 7.11 Å². The lowest BCUT2D eigenvalue weighted by Crippen LogP contribution is -2.59. The molecule has 0 radical (unpaired) electrons. The van der Waals surface area contributed by atoms with Gasteiger partial charge in [-0.05, 0) is 19.4 Å². The smallest absolute Gasteiger partial charge is 0.252 e. The van der Waals surface area contributed by atoms with Crippen LogP contribution in [-0.4, -0.2) is 24.9 Å². The van der Waals surface area contributed by atoms with E-state index in [1.165, 1.54) is 0 Å². The molecule has 1 amide bonds. The minimum atomic E-state index is -0.755. The molecule has 4 nitrogen and oxygen atoms in total. The Hall–Kier alpha value is -1.39. The minimum Gasteiger partial charge on any atom is -0.354 e. The van der Waals surface area contributed by atoms with Crippen LogP contribution in [0.3, 0.4) is 0 Å². The Morgan fingerprint density at radius 1 is 1.24 bits per heavy atom. The molecule has 2 unspecified atom stereocenters. The molecule has 1 aromatic rings. The van der Waals surface area contributed by atoms with E-state index < -0.39 is 11.9 Å². The standard InChI is InChI=1S/C13H17NO3/c1-13(2,16-3)17-11-10(14-12(11)15)9-7-5-4-6-8-9/h4-8,10-11H,1-3H3,(H,14,15). The van der Waals surface area contributed by atoms with Crippen molar-refractivity contribution in [2.45, 2.75) is 31.8 Å². The van der Waals surface area contributed by atoms with E-state index in [-0.39, 0.29) is 11.9 Å². The average Bonchev–Trinajstić information content (AvgIpc) is 2.34. The van der Waals surface area contributed by atoms with Crippen molar-refractivity contribution >= 4 is 5.91 Å². The van der Waals surface area contributed by atoms with Gasteiger partial charge in [0, 0.05) is 7.11 Å². The minimum absolute atomic E-state index is 0.0851. The SMILES string of the molecule is COC(C)(C)OC1C(=O)NC1c1ccccc1. The van der Waals surface area contributed by atoms with Crippen LogP contribution in [-0.2, 0) is 14.3 Å². The Kier molecular flexibility index (Phi) is 3.17. The van der Waals surface area contributed by atoms with Crippen LogP contribution in [0, 0.1) is 0 Å². The molecule has 1 N–H and O–H groups in total. The maximum Gasteiger partial charge on any atom is 0.252 e. The lowest BCUT2D eigenvalue weighted by Gasteiger charge is -2.40. The van der Waals surface area contributed by atoms with Gasteiger partial charge < -0.3 is 14.8 Å². The van der Waals surface area contributed by atoms with Crippen molar-refractivity contribution in [2.24, 2.45) is 0 Å². The van der Waals surface area contributed by atoms with E-state index in [9.17, 15) is 4.79 Å². The van der Waals surface area contributed by atoms with Crippen molar-refractivity contribution in [3.63, 3.8) is 0 Å². The molecule has 1 saturated heterocycles. The fourth-order valence-corrected chi connectivity index (χ4v) is 1.76. The first-order chi connectivity index (χ1) is 8.03. The van der Waals surface area contributed by atoms with E-state index in [0.29, 0.717) is 0 Å². The van der Waals surface area contributed by atoms with E-state index in [2.05, 4.69) is 5.32 Å². The van der Waals surface area contributed by atoms with Gasteiger partial charge in [0.15, 0.2) is 11.9 Å². The molecular formula is C13H17NO3.